The second-order valence-electron chi connectivity index (χ2n) is 5.19. The standard InChI is InChI=1S/C16H30O3/c17-15-13-11-9-7-5-3-1-2-4-6-8-10-12-14-16(18)19/h14-15,17H,1-13H2,(H,18,19). The van der Waals surface area contributed by atoms with Gasteiger partial charge in [0.05, 0.1) is 13.0 Å². The van der Waals surface area contributed by atoms with Gasteiger partial charge in [-0.25, -0.2) is 0 Å². The summed E-state index contributed by atoms with van der Waals surface area (Å²) in [5.74, 6) is -0.795. The maximum absolute atomic E-state index is 10.2. The van der Waals surface area contributed by atoms with Gasteiger partial charge in [-0.05, 0) is 12.8 Å². The number of aliphatic carboxylic acids is 1. The highest BCUT2D eigenvalue weighted by Gasteiger charge is 1.97. The fourth-order valence-corrected chi connectivity index (χ4v) is 2.20. The Kier molecular flexibility index (Phi) is 15.0. The van der Waals surface area contributed by atoms with E-state index in [-0.39, 0.29) is 0 Å². The molecule has 3 nitrogen and oxygen atoms in total. The van der Waals surface area contributed by atoms with Gasteiger partial charge in [-0.15, -0.1) is 0 Å². The molecular weight excluding hydrogens is 240 g/mol. The Hall–Kier alpha value is -0.570. The summed E-state index contributed by atoms with van der Waals surface area (Å²) in [6, 6.07) is 0. The lowest BCUT2D eigenvalue weighted by Crippen LogP contribution is -1.94. The molecule has 0 aromatic heterocycles. The highest BCUT2D eigenvalue weighted by molar-refractivity contribution is 5.76. The van der Waals surface area contributed by atoms with Crippen LogP contribution in [0.4, 0.5) is 0 Å². The fraction of sp³-hybridized carbons (Fsp3) is 0.812. The number of rotatable bonds is 15. The van der Waals surface area contributed by atoms with E-state index in [2.05, 4.69) is 0 Å². The predicted molar refractivity (Wildman–Crippen MR) is 78.2 cm³/mol. The van der Waals surface area contributed by atoms with Crippen LogP contribution < -0.4 is 0 Å². The average Bonchev–Trinajstić information content (AvgIpc) is 2.39. The van der Waals surface area contributed by atoms with Crippen LogP contribution in [0.5, 0.6) is 0 Å². The van der Waals surface area contributed by atoms with Gasteiger partial charge in [-0.1, -0.05) is 70.6 Å². The molecular formula is C16H30O3. The van der Waals surface area contributed by atoms with Crippen molar-refractivity contribution in [2.45, 2.75) is 83.5 Å². The van der Waals surface area contributed by atoms with Crippen LogP contribution in [0.2, 0.25) is 0 Å². The van der Waals surface area contributed by atoms with Gasteiger partial charge in [0, 0.05) is 0 Å². The van der Waals surface area contributed by atoms with E-state index in [4.69, 9.17) is 10.2 Å². The third kappa shape index (κ3) is 17.4. The minimum atomic E-state index is -0.795. The molecule has 0 aliphatic heterocycles. The SMILES string of the molecule is O=C(O)[CH]CCCCCCCCCCCCC[CH]O. The summed E-state index contributed by atoms with van der Waals surface area (Å²) in [6.07, 6.45) is 16.5. The summed E-state index contributed by atoms with van der Waals surface area (Å²) in [5, 5.41) is 16.9. The van der Waals surface area contributed by atoms with Crippen LogP contribution in [0.15, 0.2) is 0 Å². The van der Waals surface area contributed by atoms with Gasteiger partial charge in [0.1, 0.15) is 0 Å². The Morgan fingerprint density at radius 1 is 0.684 bits per heavy atom. The number of carbonyl (C=O) groups is 1. The third-order valence-corrected chi connectivity index (χ3v) is 3.36. The van der Waals surface area contributed by atoms with Gasteiger partial charge in [-0.2, -0.15) is 0 Å². The Morgan fingerprint density at radius 3 is 1.42 bits per heavy atom. The predicted octanol–water partition coefficient (Wildman–Crippen LogP) is 4.88. The van der Waals surface area contributed by atoms with Gasteiger partial charge in [0.15, 0.2) is 0 Å². The van der Waals surface area contributed by atoms with Crippen molar-refractivity contribution < 1.29 is 15.0 Å². The molecule has 19 heavy (non-hydrogen) atoms. The molecule has 0 aromatic rings. The molecule has 0 aliphatic rings. The second kappa shape index (κ2) is 15.5. The molecule has 2 radical (unpaired) electrons. The highest BCUT2D eigenvalue weighted by atomic mass is 16.4. The molecule has 112 valence electrons. The molecule has 0 saturated carbocycles. The number of carboxylic acid groups (broad SMARTS) is 1. The quantitative estimate of drug-likeness (QED) is 0.417. The van der Waals surface area contributed by atoms with Crippen molar-refractivity contribution in [3.63, 3.8) is 0 Å². The first-order chi connectivity index (χ1) is 9.27. The summed E-state index contributed by atoms with van der Waals surface area (Å²) in [4.78, 5) is 10.2. The van der Waals surface area contributed by atoms with E-state index in [0.29, 0.717) is 6.42 Å². The van der Waals surface area contributed by atoms with Crippen LogP contribution >= 0.6 is 0 Å². The molecule has 0 saturated heterocycles. The molecule has 2 N–H and O–H groups in total. The van der Waals surface area contributed by atoms with E-state index >= 15 is 0 Å². The first kappa shape index (κ1) is 18.4. The van der Waals surface area contributed by atoms with Crippen LogP contribution in [0.3, 0.4) is 0 Å². The summed E-state index contributed by atoms with van der Waals surface area (Å²) in [7, 11) is 0. The first-order valence-corrected chi connectivity index (χ1v) is 7.79. The molecule has 0 aromatic carbocycles. The van der Waals surface area contributed by atoms with Gasteiger partial charge >= 0.3 is 5.97 Å². The minimum absolute atomic E-state index is 0.709. The van der Waals surface area contributed by atoms with E-state index in [1.54, 1.807) is 0 Å². The van der Waals surface area contributed by atoms with Gasteiger partial charge in [-0.3, -0.25) is 4.79 Å². The lowest BCUT2D eigenvalue weighted by Gasteiger charge is -2.02. The lowest BCUT2D eigenvalue weighted by atomic mass is 10.0. The summed E-state index contributed by atoms with van der Waals surface area (Å²) in [6.45, 7) is 1.26. The second-order valence-corrected chi connectivity index (χ2v) is 5.19. The van der Waals surface area contributed by atoms with Crippen LogP contribution in [-0.4, -0.2) is 16.2 Å². The van der Waals surface area contributed by atoms with Gasteiger partial charge < -0.3 is 10.2 Å². The number of carboxylic acids is 1. The zero-order chi connectivity index (χ0) is 14.2. The zero-order valence-corrected chi connectivity index (χ0v) is 12.1. The van der Waals surface area contributed by atoms with E-state index in [0.717, 1.165) is 25.7 Å². The topological polar surface area (TPSA) is 57.5 Å². The molecule has 0 aliphatic carbocycles. The fourth-order valence-electron chi connectivity index (χ4n) is 2.20. The first-order valence-electron chi connectivity index (χ1n) is 7.79. The Morgan fingerprint density at radius 2 is 1.05 bits per heavy atom. The lowest BCUT2D eigenvalue weighted by molar-refractivity contribution is -0.133. The third-order valence-electron chi connectivity index (χ3n) is 3.36. The highest BCUT2D eigenvalue weighted by Crippen LogP contribution is 2.12. The zero-order valence-electron chi connectivity index (χ0n) is 12.1. The van der Waals surface area contributed by atoms with Crippen LogP contribution in [0, 0.1) is 13.0 Å². The van der Waals surface area contributed by atoms with Crippen molar-refractivity contribution in [3.8, 4) is 0 Å². The van der Waals surface area contributed by atoms with Crippen molar-refractivity contribution >= 4 is 5.97 Å². The van der Waals surface area contributed by atoms with Crippen molar-refractivity contribution in [3.05, 3.63) is 13.0 Å². The van der Waals surface area contributed by atoms with Gasteiger partial charge in [0.25, 0.3) is 0 Å². The number of hydrogen-bond donors (Lipinski definition) is 2. The normalized spacial score (nSPS) is 10.8. The largest absolute Gasteiger partial charge is 0.481 e. The number of aliphatic hydroxyl groups excluding tert-OH is 1. The van der Waals surface area contributed by atoms with Crippen molar-refractivity contribution in [2.75, 3.05) is 0 Å². The molecule has 3 heteroatoms. The smallest absolute Gasteiger partial charge is 0.307 e. The number of aliphatic hydroxyl groups is 1. The molecule has 0 atom stereocenters. The maximum Gasteiger partial charge on any atom is 0.307 e. The summed E-state index contributed by atoms with van der Waals surface area (Å²) < 4.78 is 0. The number of hydrogen-bond acceptors (Lipinski definition) is 2. The average molecular weight is 270 g/mol. The molecule has 0 spiro atoms. The van der Waals surface area contributed by atoms with Crippen molar-refractivity contribution in [2.24, 2.45) is 0 Å². The monoisotopic (exact) mass is 270 g/mol. The van der Waals surface area contributed by atoms with Crippen LogP contribution in [0.1, 0.15) is 83.5 Å². The molecule has 0 rings (SSSR count). The van der Waals surface area contributed by atoms with Crippen LogP contribution in [-0.2, 0) is 4.79 Å². The Labute approximate surface area is 118 Å². The molecule has 0 fully saturated rings. The summed E-state index contributed by atoms with van der Waals surface area (Å²) >= 11 is 0. The van der Waals surface area contributed by atoms with E-state index in [1.165, 1.54) is 64.4 Å². The van der Waals surface area contributed by atoms with Crippen molar-refractivity contribution in [1.29, 1.82) is 0 Å². The molecule has 0 bridgehead atoms. The minimum Gasteiger partial charge on any atom is -0.481 e. The Balaban J connectivity index is 2.93. The molecule has 0 unspecified atom stereocenters. The van der Waals surface area contributed by atoms with E-state index in [1.807, 2.05) is 0 Å². The van der Waals surface area contributed by atoms with Crippen molar-refractivity contribution in [1.82, 2.24) is 0 Å². The molecule has 0 amide bonds. The van der Waals surface area contributed by atoms with E-state index in [9.17, 15) is 4.79 Å². The maximum atomic E-state index is 10.2. The Bertz CT molecular complexity index is 192. The van der Waals surface area contributed by atoms with Crippen LogP contribution in [0.25, 0.3) is 0 Å². The van der Waals surface area contributed by atoms with E-state index < -0.39 is 5.97 Å². The number of unbranched alkanes of at least 4 members (excludes halogenated alkanes) is 12. The molecule has 0 heterocycles. The van der Waals surface area contributed by atoms with Gasteiger partial charge in [0.2, 0.25) is 0 Å². The summed E-state index contributed by atoms with van der Waals surface area (Å²) in [5.41, 5.74) is 0.